The molecule has 2 aromatic rings. The Balaban J connectivity index is 2.54. The number of carbonyl (C=O) groups is 1. The predicted molar refractivity (Wildman–Crippen MR) is 81.4 cm³/mol. The number of anilines is 2. The number of benzene rings is 1. The lowest BCUT2D eigenvalue weighted by Gasteiger charge is -2.12. The molecule has 1 aromatic heterocycles. The molecular formula is C13H9BrClFN3O2. The average molecular weight is 374 g/mol. The van der Waals surface area contributed by atoms with Crippen molar-refractivity contribution in [3.63, 3.8) is 0 Å². The first kappa shape index (κ1) is 15.5. The van der Waals surface area contributed by atoms with Crippen molar-refractivity contribution < 1.29 is 9.18 Å². The van der Waals surface area contributed by atoms with Crippen LogP contribution in [0.3, 0.4) is 0 Å². The second-order valence-electron chi connectivity index (χ2n) is 4.14. The summed E-state index contributed by atoms with van der Waals surface area (Å²) in [7, 11) is 1.34. The van der Waals surface area contributed by atoms with Gasteiger partial charge in [-0.15, -0.1) is 0 Å². The van der Waals surface area contributed by atoms with Gasteiger partial charge in [0.05, 0.1) is 11.4 Å². The molecule has 21 heavy (non-hydrogen) atoms. The van der Waals surface area contributed by atoms with Gasteiger partial charge in [-0.1, -0.05) is 27.5 Å². The van der Waals surface area contributed by atoms with E-state index in [1.54, 1.807) is 6.07 Å². The van der Waals surface area contributed by atoms with Crippen molar-refractivity contribution in [3.8, 4) is 0 Å². The third kappa shape index (κ3) is 3.08. The van der Waals surface area contributed by atoms with E-state index in [0.717, 1.165) is 4.57 Å². The number of aromatic nitrogens is 1. The summed E-state index contributed by atoms with van der Waals surface area (Å²) >= 11 is 9.03. The van der Waals surface area contributed by atoms with E-state index in [1.165, 1.54) is 19.2 Å². The fourth-order valence-corrected chi connectivity index (χ4v) is 2.21. The van der Waals surface area contributed by atoms with E-state index in [1.807, 2.05) is 0 Å². The van der Waals surface area contributed by atoms with E-state index in [2.05, 4.69) is 27.3 Å². The molecule has 1 amide bonds. The van der Waals surface area contributed by atoms with Crippen LogP contribution >= 0.6 is 27.5 Å². The molecule has 0 bridgehead atoms. The SMILES string of the molecule is Cn1c(C(N)=O)[c]c(Nc2ccc(Br)cc2F)c(Cl)c1=O. The van der Waals surface area contributed by atoms with Gasteiger partial charge >= 0.3 is 0 Å². The molecule has 0 aliphatic carbocycles. The van der Waals surface area contributed by atoms with Crippen LogP contribution in [0.15, 0.2) is 27.5 Å². The molecule has 5 nitrogen and oxygen atoms in total. The van der Waals surface area contributed by atoms with Gasteiger partial charge in [0.25, 0.3) is 11.5 Å². The van der Waals surface area contributed by atoms with E-state index in [9.17, 15) is 14.0 Å². The molecule has 1 aromatic carbocycles. The van der Waals surface area contributed by atoms with Gasteiger partial charge in [0.2, 0.25) is 0 Å². The Morgan fingerprint density at radius 2 is 2.19 bits per heavy atom. The predicted octanol–water partition coefficient (Wildman–Crippen LogP) is 2.58. The van der Waals surface area contributed by atoms with Crippen molar-refractivity contribution in [1.82, 2.24) is 4.57 Å². The molecule has 2 rings (SSSR count). The highest BCUT2D eigenvalue weighted by Gasteiger charge is 2.16. The van der Waals surface area contributed by atoms with Crippen molar-refractivity contribution in [2.75, 3.05) is 5.32 Å². The Labute approximate surface area is 132 Å². The maximum atomic E-state index is 13.8. The number of nitrogens with two attached hydrogens (primary N) is 1. The minimum absolute atomic E-state index is 0.0187. The number of amides is 1. The van der Waals surface area contributed by atoms with Gasteiger partial charge in [0.15, 0.2) is 0 Å². The molecule has 0 unspecified atom stereocenters. The maximum absolute atomic E-state index is 13.8. The zero-order valence-electron chi connectivity index (χ0n) is 10.7. The molecule has 0 spiro atoms. The van der Waals surface area contributed by atoms with Crippen LogP contribution in [0.5, 0.6) is 0 Å². The first-order chi connectivity index (χ1) is 9.81. The van der Waals surface area contributed by atoms with Crippen LogP contribution < -0.4 is 16.6 Å². The number of pyridine rings is 1. The summed E-state index contributed by atoms with van der Waals surface area (Å²) in [6, 6.07) is 6.88. The Morgan fingerprint density at radius 3 is 2.76 bits per heavy atom. The van der Waals surface area contributed by atoms with Gasteiger partial charge < -0.3 is 15.6 Å². The largest absolute Gasteiger partial charge is 0.364 e. The Bertz CT molecular complexity index is 792. The fourth-order valence-electron chi connectivity index (χ4n) is 1.65. The van der Waals surface area contributed by atoms with Gasteiger partial charge in [-0.3, -0.25) is 9.59 Å². The Hall–Kier alpha value is -1.86. The number of rotatable bonds is 3. The maximum Gasteiger partial charge on any atom is 0.271 e. The van der Waals surface area contributed by atoms with E-state index >= 15 is 0 Å². The average Bonchev–Trinajstić information content (AvgIpc) is 2.41. The van der Waals surface area contributed by atoms with Crippen molar-refractivity contribution in [1.29, 1.82) is 0 Å². The number of hydrogen-bond donors (Lipinski definition) is 2. The van der Waals surface area contributed by atoms with Crippen molar-refractivity contribution >= 4 is 44.8 Å². The molecule has 1 heterocycles. The van der Waals surface area contributed by atoms with Crippen LogP contribution in [0, 0.1) is 11.9 Å². The lowest BCUT2D eigenvalue weighted by atomic mass is 10.2. The van der Waals surface area contributed by atoms with Gasteiger partial charge in [0.1, 0.15) is 16.5 Å². The van der Waals surface area contributed by atoms with Crippen molar-refractivity contribution in [2.24, 2.45) is 12.8 Å². The van der Waals surface area contributed by atoms with E-state index in [4.69, 9.17) is 17.3 Å². The second kappa shape index (κ2) is 5.87. The van der Waals surface area contributed by atoms with Gasteiger partial charge in [-0.05, 0) is 18.2 Å². The van der Waals surface area contributed by atoms with Crippen LogP contribution in [0.4, 0.5) is 15.8 Å². The Morgan fingerprint density at radius 1 is 1.52 bits per heavy atom. The smallest absolute Gasteiger partial charge is 0.271 e. The molecule has 0 aliphatic heterocycles. The molecule has 0 saturated heterocycles. The minimum atomic E-state index is -0.842. The van der Waals surface area contributed by atoms with E-state index in [0.29, 0.717) is 4.47 Å². The molecule has 109 valence electrons. The third-order valence-electron chi connectivity index (χ3n) is 2.71. The highest BCUT2D eigenvalue weighted by Crippen LogP contribution is 2.26. The molecule has 0 saturated carbocycles. The molecule has 1 radical (unpaired) electrons. The molecule has 8 heteroatoms. The molecular weight excluding hydrogens is 365 g/mol. The normalized spacial score (nSPS) is 10.5. The standard InChI is InChI=1S/C13H9BrClFN3O2/c1-19-10(12(17)20)5-9(11(15)13(19)21)18-8-3-2-6(14)4-7(8)16/h2-4,18H,1H3,(H2,17,20). The zero-order chi connectivity index (χ0) is 15.7. The number of nitrogens with one attached hydrogen (secondary N) is 1. The van der Waals surface area contributed by atoms with Crippen molar-refractivity contribution in [2.45, 2.75) is 0 Å². The summed E-state index contributed by atoms with van der Waals surface area (Å²) in [6.45, 7) is 0. The summed E-state index contributed by atoms with van der Waals surface area (Å²) in [4.78, 5) is 23.2. The number of carbonyl (C=O) groups excluding carboxylic acids is 1. The van der Waals surface area contributed by atoms with Gasteiger partial charge in [0, 0.05) is 17.6 Å². The van der Waals surface area contributed by atoms with Crippen molar-refractivity contribution in [3.05, 3.63) is 55.6 Å². The van der Waals surface area contributed by atoms with Crippen LogP contribution in [-0.2, 0) is 7.05 Å². The fraction of sp³-hybridized carbons (Fsp3) is 0.0769. The summed E-state index contributed by atoms with van der Waals surface area (Å²) < 4.78 is 15.3. The summed E-state index contributed by atoms with van der Waals surface area (Å²) in [6.07, 6.45) is 0. The first-order valence-corrected chi connectivity index (χ1v) is 6.82. The number of hydrogen-bond acceptors (Lipinski definition) is 3. The number of halogens is 3. The molecule has 0 fully saturated rings. The van der Waals surface area contributed by atoms with Crippen LogP contribution in [-0.4, -0.2) is 10.5 Å². The lowest BCUT2D eigenvalue weighted by molar-refractivity contribution is 0.0991. The zero-order valence-corrected chi connectivity index (χ0v) is 13.0. The summed E-state index contributed by atoms with van der Waals surface area (Å²) in [5.41, 5.74) is 4.43. The van der Waals surface area contributed by atoms with Gasteiger partial charge in [-0.2, -0.15) is 0 Å². The summed E-state index contributed by atoms with van der Waals surface area (Å²) in [5, 5.41) is 2.41. The monoisotopic (exact) mass is 372 g/mol. The lowest BCUT2D eigenvalue weighted by Crippen LogP contribution is -2.27. The topological polar surface area (TPSA) is 77.1 Å². The highest BCUT2D eigenvalue weighted by atomic mass is 79.9. The molecule has 0 aliphatic rings. The Kier molecular flexibility index (Phi) is 4.34. The van der Waals surface area contributed by atoms with E-state index in [-0.39, 0.29) is 22.1 Å². The number of nitrogens with zero attached hydrogens (tertiary/aromatic N) is 1. The second-order valence-corrected chi connectivity index (χ2v) is 5.43. The highest BCUT2D eigenvalue weighted by molar-refractivity contribution is 9.10. The first-order valence-electron chi connectivity index (χ1n) is 5.65. The van der Waals surface area contributed by atoms with Crippen LogP contribution in [0.1, 0.15) is 10.5 Å². The third-order valence-corrected chi connectivity index (χ3v) is 3.56. The van der Waals surface area contributed by atoms with Crippen LogP contribution in [0.25, 0.3) is 0 Å². The quantitative estimate of drug-likeness (QED) is 0.868. The van der Waals surface area contributed by atoms with E-state index < -0.39 is 17.3 Å². The molecule has 0 atom stereocenters. The minimum Gasteiger partial charge on any atom is -0.364 e. The molecule has 3 N–H and O–H groups in total. The van der Waals surface area contributed by atoms with Crippen LogP contribution in [0.2, 0.25) is 5.02 Å². The summed E-state index contributed by atoms with van der Waals surface area (Å²) in [5.74, 6) is -1.40. The number of primary amides is 1. The van der Waals surface area contributed by atoms with Gasteiger partial charge in [-0.25, -0.2) is 4.39 Å².